The Morgan fingerprint density at radius 2 is 1.09 bits per heavy atom. The fourth-order valence-corrected chi connectivity index (χ4v) is 12.0. The molecule has 3 rings (SSSR count). The lowest BCUT2D eigenvalue weighted by Gasteiger charge is -2.29. The molecule has 3 fully saturated rings. The van der Waals surface area contributed by atoms with Gasteiger partial charge in [0.25, 0.3) is 10.1 Å². The van der Waals surface area contributed by atoms with Crippen LogP contribution in [0.1, 0.15) is 182 Å². The Labute approximate surface area is 327 Å². The minimum absolute atomic E-state index is 0.0779. The maximum Gasteiger partial charge on any atom is 0.357 e. The lowest BCUT2D eigenvalue weighted by molar-refractivity contribution is -0.153. The van der Waals surface area contributed by atoms with Gasteiger partial charge in [0.1, 0.15) is 0 Å². The number of rotatable bonds is 24. The first-order chi connectivity index (χ1) is 25.9. The Morgan fingerprint density at radius 3 is 1.57 bits per heavy atom. The fraction of sp³-hybridized carbons (Fsp3) is 0.810. The maximum atomic E-state index is 14.7. The third kappa shape index (κ3) is 18.9. The summed E-state index contributed by atoms with van der Waals surface area (Å²) >= 11 is 0. The molecule has 0 bridgehead atoms. The van der Waals surface area contributed by atoms with Crippen molar-refractivity contribution in [3.05, 3.63) is 34.9 Å². The molecule has 310 valence electrons. The lowest BCUT2D eigenvalue weighted by Crippen LogP contribution is -2.31. The van der Waals surface area contributed by atoms with E-state index in [0.717, 1.165) is 109 Å². The third-order valence-corrected chi connectivity index (χ3v) is 15.9. The predicted molar refractivity (Wildman–Crippen MR) is 214 cm³/mol. The number of unbranched alkanes of at least 4 members (excludes halogenated alkanes) is 1. The van der Waals surface area contributed by atoms with Crippen LogP contribution in [-0.2, 0) is 47.0 Å². The molecule has 0 aliphatic heterocycles. The summed E-state index contributed by atoms with van der Waals surface area (Å²) in [5, 5.41) is 0. The summed E-state index contributed by atoms with van der Waals surface area (Å²) in [6, 6.07) is 0. The Balaban J connectivity index is 1.70. The van der Waals surface area contributed by atoms with Crippen LogP contribution < -0.4 is 0 Å². The van der Waals surface area contributed by atoms with Gasteiger partial charge in [-0.2, -0.15) is 8.42 Å². The summed E-state index contributed by atoms with van der Waals surface area (Å²) < 4.78 is 70.5. The van der Waals surface area contributed by atoms with E-state index in [0.29, 0.717) is 25.7 Å². The van der Waals surface area contributed by atoms with E-state index >= 15 is 0 Å². The van der Waals surface area contributed by atoms with Crippen LogP contribution in [0.4, 0.5) is 0 Å². The molecule has 0 aromatic heterocycles. The van der Waals surface area contributed by atoms with Gasteiger partial charge < -0.3 is 9.47 Å². The first-order valence-corrected chi connectivity index (χ1v) is 24.0. The SMILES string of the molecule is CC(C)=CCC/C(C)=C/CC/C(C)=C/CCCC(P(=O)(OCOC(=O)CC1CCCCC1)OCOC(=O)CC1CCCCC1)S(=O)(=O)OC1CCCCC1. The summed E-state index contributed by atoms with van der Waals surface area (Å²) in [6.45, 7) is 6.96. The number of carbonyl (C=O) groups excluding carboxylic acids is 2. The van der Waals surface area contributed by atoms with Crippen LogP contribution in [0.3, 0.4) is 0 Å². The minimum Gasteiger partial charge on any atom is -0.438 e. The van der Waals surface area contributed by atoms with E-state index in [1.54, 1.807) is 0 Å². The van der Waals surface area contributed by atoms with E-state index in [-0.39, 0.29) is 31.1 Å². The van der Waals surface area contributed by atoms with Gasteiger partial charge in [0, 0.05) is 12.8 Å². The predicted octanol–water partition coefficient (Wildman–Crippen LogP) is 11.7. The van der Waals surface area contributed by atoms with Crippen molar-refractivity contribution >= 4 is 29.7 Å². The van der Waals surface area contributed by atoms with Crippen molar-refractivity contribution in [3.8, 4) is 0 Å². The van der Waals surface area contributed by atoms with Gasteiger partial charge in [-0.3, -0.25) is 27.4 Å². The Kier molecular flexibility index (Phi) is 22.0. The highest BCUT2D eigenvalue weighted by Gasteiger charge is 2.47. The Bertz CT molecular complexity index is 1320. The van der Waals surface area contributed by atoms with Gasteiger partial charge in [0.2, 0.25) is 13.6 Å². The van der Waals surface area contributed by atoms with E-state index in [4.69, 9.17) is 22.7 Å². The smallest absolute Gasteiger partial charge is 0.357 e. The lowest BCUT2D eigenvalue weighted by atomic mass is 9.87. The summed E-state index contributed by atoms with van der Waals surface area (Å²) in [4.78, 5) is 23.7. The van der Waals surface area contributed by atoms with E-state index in [1.165, 1.54) is 16.7 Å². The largest absolute Gasteiger partial charge is 0.438 e. The van der Waals surface area contributed by atoms with E-state index in [1.807, 2.05) is 0 Å². The molecule has 1 unspecified atom stereocenters. The van der Waals surface area contributed by atoms with Crippen molar-refractivity contribution < 1.29 is 45.3 Å². The second kappa shape index (κ2) is 25.5. The van der Waals surface area contributed by atoms with E-state index in [9.17, 15) is 22.6 Å². The molecule has 0 heterocycles. The molecule has 0 aromatic carbocycles. The van der Waals surface area contributed by atoms with Crippen molar-refractivity contribution in [1.29, 1.82) is 0 Å². The fourth-order valence-electron chi connectivity index (χ4n) is 7.76. The molecule has 0 aromatic rings. The van der Waals surface area contributed by atoms with Crippen molar-refractivity contribution in [3.63, 3.8) is 0 Å². The zero-order valence-corrected chi connectivity index (χ0v) is 35.6. The number of allylic oxidation sites excluding steroid dienone is 6. The second-order valence-electron chi connectivity index (χ2n) is 16.2. The van der Waals surface area contributed by atoms with E-state index < -0.39 is 54.3 Å². The first-order valence-electron chi connectivity index (χ1n) is 20.9. The van der Waals surface area contributed by atoms with Crippen LogP contribution in [0, 0.1) is 11.8 Å². The van der Waals surface area contributed by atoms with Crippen molar-refractivity contribution in [2.75, 3.05) is 13.6 Å². The number of carbonyl (C=O) groups is 2. The average molecular weight is 799 g/mol. The van der Waals surface area contributed by atoms with Crippen LogP contribution in [0.2, 0.25) is 0 Å². The standard InChI is InChI=1S/C42H71O10PS/c1-34(2)18-16-20-36(4)22-17-21-35(3)19-14-15-29-42(54(46,47)52-39-27-12-7-13-28-39)53(45,50-32-48-40(43)30-37-23-8-5-9-24-37)51-33-49-41(44)31-38-25-10-6-11-26-38/h18-19,22,37-39,42H,5-17,20-21,23-33H2,1-4H3/b35-19+,36-22+. The van der Waals surface area contributed by atoms with Crippen LogP contribution in [0.5, 0.6) is 0 Å². The molecule has 0 amide bonds. The van der Waals surface area contributed by atoms with Gasteiger partial charge >= 0.3 is 19.5 Å². The molecule has 0 radical (unpaired) electrons. The maximum absolute atomic E-state index is 14.7. The van der Waals surface area contributed by atoms with Crippen molar-refractivity contribution in [2.24, 2.45) is 11.8 Å². The van der Waals surface area contributed by atoms with Gasteiger partial charge in [-0.15, -0.1) is 0 Å². The summed E-state index contributed by atoms with van der Waals surface area (Å²) in [7, 11) is -9.12. The van der Waals surface area contributed by atoms with Crippen molar-refractivity contribution in [2.45, 2.75) is 193 Å². The molecule has 12 heteroatoms. The van der Waals surface area contributed by atoms with Gasteiger partial charge in [-0.1, -0.05) is 92.7 Å². The Morgan fingerprint density at radius 1 is 0.648 bits per heavy atom. The number of hydrogen-bond acceptors (Lipinski definition) is 10. The molecule has 0 N–H and O–H groups in total. The van der Waals surface area contributed by atoms with E-state index in [2.05, 4.69) is 45.9 Å². The third-order valence-electron chi connectivity index (χ3n) is 11.0. The zero-order chi connectivity index (χ0) is 39.2. The van der Waals surface area contributed by atoms with Crippen molar-refractivity contribution in [1.82, 2.24) is 0 Å². The molecule has 3 aliphatic rings. The quantitative estimate of drug-likeness (QED) is 0.0232. The Hall–Kier alpha value is -1.78. The summed E-state index contributed by atoms with van der Waals surface area (Å²) in [5.41, 5.74) is 3.88. The molecule has 54 heavy (non-hydrogen) atoms. The second-order valence-corrected chi connectivity index (χ2v) is 20.5. The topological polar surface area (TPSA) is 131 Å². The van der Waals surface area contributed by atoms with Crippen LogP contribution in [0.25, 0.3) is 0 Å². The van der Waals surface area contributed by atoms with Crippen LogP contribution >= 0.6 is 7.60 Å². The van der Waals surface area contributed by atoms with Gasteiger partial charge in [0.05, 0.1) is 6.10 Å². The molecule has 0 saturated heterocycles. The first kappa shape index (κ1) is 46.6. The number of ether oxygens (including phenoxy) is 2. The summed E-state index contributed by atoms with van der Waals surface area (Å²) in [6.07, 6.45) is 25.5. The molecular weight excluding hydrogens is 727 g/mol. The van der Waals surface area contributed by atoms with Crippen LogP contribution in [-0.4, -0.2) is 45.0 Å². The average Bonchev–Trinajstić information content (AvgIpc) is 3.12. The minimum atomic E-state index is -4.62. The molecule has 1 atom stereocenters. The number of hydrogen-bond donors (Lipinski definition) is 0. The van der Waals surface area contributed by atoms with Crippen LogP contribution in [0.15, 0.2) is 34.9 Å². The highest BCUT2D eigenvalue weighted by Crippen LogP contribution is 2.57. The van der Waals surface area contributed by atoms with Gasteiger partial charge in [0.15, 0.2) is 4.99 Å². The highest BCUT2D eigenvalue weighted by atomic mass is 32.2. The summed E-state index contributed by atoms with van der Waals surface area (Å²) in [5.74, 6) is -0.550. The number of esters is 2. The molecular formula is C42H71O10PS. The molecule has 3 saturated carbocycles. The monoisotopic (exact) mass is 798 g/mol. The molecule has 0 spiro atoms. The molecule has 10 nitrogen and oxygen atoms in total. The van der Waals surface area contributed by atoms with Gasteiger partial charge in [-0.05, 0) is 123 Å². The highest BCUT2D eigenvalue weighted by molar-refractivity contribution is 7.94. The zero-order valence-electron chi connectivity index (χ0n) is 33.9. The molecule has 3 aliphatic carbocycles. The normalized spacial score (nSPS) is 19.3. The van der Waals surface area contributed by atoms with Gasteiger partial charge in [-0.25, -0.2) is 0 Å².